The van der Waals surface area contributed by atoms with E-state index in [1.54, 1.807) is 4.52 Å². The van der Waals surface area contributed by atoms with E-state index in [0.717, 1.165) is 23.1 Å². The molecule has 0 spiro atoms. The van der Waals surface area contributed by atoms with Crippen LogP contribution >= 0.6 is 0 Å². The Morgan fingerprint density at radius 3 is 2.48 bits per heavy atom. The molecule has 3 heterocycles. The SMILES string of the molecule is c1ccc2c(c1)nc(Nc1ccc(Cc3ccncc3)cc1)c1nnnn12. The summed E-state index contributed by atoms with van der Waals surface area (Å²) < 4.78 is 1.70. The second-order valence-electron chi connectivity index (χ2n) is 6.22. The molecule has 5 rings (SSSR count). The molecule has 7 nitrogen and oxygen atoms in total. The average Bonchev–Trinajstić information content (AvgIpc) is 3.21. The highest BCUT2D eigenvalue weighted by Gasteiger charge is 2.11. The van der Waals surface area contributed by atoms with Crippen molar-refractivity contribution in [2.45, 2.75) is 6.42 Å². The number of rotatable bonds is 4. The van der Waals surface area contributed by atoms with Crippen molar-refractivity contribution in [2.75, 3.05) is 5.32 Å². The minimum absolute atomic E-state index is 0.592. The van der Waals surface area contributed by atoms with E-state index in [2.05, 4.69) is 42.9 Å². The summed E-state index contributed by atoms with van der Waals surface area (Å²) in [7, 11) is 0. The third-order valence-electron chi connectivity index (χ3n) is 4.40. The standard InChI is InChI=1S/C20H15N7/c1-2-4-18-17(3-1)23-19(20-24-25-26-27(18)20)22-16-7-5-14(6-8-16)13-15-9-11-21-12-10-15/h1-12H,13H2,(H,22,23). The lowest BCUT2D eigenvalue weighted by atomic mass is 10.1. The summed E-state index contributed by atoms with van der Waals surface area (Å²) in [5.41, 5.74) is 5.69. The third-order valence-corrected chi connectivity index (χ3v) is 4.40. The Morgan fingerprint density at radius 1 is 0.852 bits per heavy atom. The van der Waals surface area contributed by atoms with Crippen LogP contribution in [0.1, 0.15) is 11.1 Å². The van der Waals surface area contributed by atoms with Gasteiger partial charge in [-0.1, -0.05) is 24.3 Å². The average molecular weight is 353 g/mol. The molecule has 3 aromatic heterocycles. The summed E-state index contributed by atoms with van der Waals surface area (Å²) in [6.45, 7) is 0. The zero-order valence-corrected chi connectivity index (χ0v) is 14.3. The molecule has 0 radical (unpaired) electrons. The smallest absolute Gasteiger partial charge is 0.222 e. The molecule has 0 amide bonds. The molecule has 0 saturated carbocycles. The lowest BCUT2D eigenvalue weighted by Crippen LogP contribution is -2.01. The van der Waals surface area contributed by atoms with Crippen LogP contribution in [-0.2, 0) is 6.42 Å². The topological polar surface area (TPSA) is 80.9 Å². The first kappa shape index (κ1) is 15.4. The van der Waals surface area contributed by atoms with Crippen LogP contribution in [0.2, 0.25) is 0 Å². The van der Waals surface area contributed by atoms with Gasteiger partial charge in [0.1, 0.15) is 0 Å². The van der Waals surface area contributed by atoms with Gasteiger partial charge in [0.25, 0.3) is 0 Å². The summed E-state index contributed by atoms with van der Waals surface area (Å²) in [5.74, 6) is 0.626. The predicted octanol–water partition coefficient (Wildman–Crippen LogP) is 3.40. The van der Waals surface area contributed by atoms with E-state index in [1.807, 2.05) is 60.9 Å². The van der Waals surface area contributed by atoms with Crippen LogP contribution < -0.4 is 5.32 Å². The fourth-order valence-electron chi connectivity index (χ4n) is 3.07. The Kier molecular flexibility index (Phi) is 3.68. The largest absolute Gasteiger partial charge is 0.337 e. The number of nitrogens with one attached hydrogen (secondary N) is 1. The number of benzene rings is 2. The van der Waals surface area contributed by atoms with E-state index in [0.29, 0.717) is 11.5 Å². The van der Waals surface area contributed by atoms with Crippen molar-refractivity contribution in [3.63, 3.8) is 0 Å². The fourth-order valence-corrected chi connectivity index (χ4v) is 3.07. The summed E-state index contributed by atoms with van der Waals surface area (Å²) >= 11 is 0. The van der Waals surface area contributed by atoms with Gasteiger partial charge < -0.3 is 5.32 Å². The van der Waals surface area contributed by atoms with Gasteiger partial charge in [0.05, 0.1) is 11.0 Å². The molecule has 27 heavy (non-hydrogen) atoms. The van der Waals surface area contributed by atoms with E-state index >= 15 is 0 Å². The Morgan fingerprint density at radius 2 is 1.63 bits per heavy atom. The number of tetrazole rings is 1. The van der Waals surface area contributed by atoms with Gasteiger partial charge in [-0.3, -0.25) is 4.98 Å². The molecule has 0 fully saturated rings. The predicted molar refractivity (Wildman–Crippen MR) is 103 cm³/mol. The number of anilines is 2. The molecular weight excluding hydrogens is 338 g/mol. The zero-order valence-electron chi connectivity index (χ0n) is 14.3. The van der Waals surface area contributed by atoms with Gasteiger partial charge in [-0.05, 0) is 64.4 Å². The highest BCUT2D eigenvalue weighted by atomic mass is 15.5. The van der Waals surface area contributed by atoms with E-state index in [4.69, 9.17) is 0 Å². The van der Waals surface area contributed by atoms with Crippen LogP contribution in [-0.4, -0.2) is 30.0 Å². The van der Waals surface area contributed by atoms with Crippen LogP contribution in [0.3, 0.4) is 0 Å². The molecule has 0 bridgehead atoms. The van der Waals surface area contributed by atoms with Crippen molar-refractivity contribution < 1.29 is 0 Å². The fraction of sp³-hybridized carbons (Fsp3) is 0.0500. The van der Waals surface area contributed by atoms with Crippen LogP contribution in [0.4, 0.5) is 11.5 Å². The Hall–Kier alpha value is -3.87. The maximum absolute atomic E-state index is 4.68. The minimum Gasteiger partial charge on any atom is -0.337 e. The number of hydrogen-bond donors (Lipinski definition) is 1. The number of pyridine rings is 1. The summed E-state index contributed by atoms with van der Waals surface area (Å²) in [6.07, 6.45) is 4.50. The second-order valence-corrected chi connectivity index (χ2v) is 6.22. The van der Waals surface area contributed by atoms with Crippen molar-refractivity contribution in [1.82, 2.24) is 30.0 Å². The van der Waals surface area contributed by atoms with Crippen molar-refractivity contribution in [3.05, 3.63) is 84.2 Å². The summed E-state index contributed by atoms with van der Waals surface area (Å²) in [6, 6.07) is 20.1. The van der Waals surface area contributed by atoms with Gasteiger partial charge in [-0.25, -0.2) is 4.98 Å². The summed E-state index contributed by atoms with van der Waals surface area (Å²) in [5, 5.41) is 15.3. The van der Waals surface area contributed by atoms with E-state index in [-0.39, 0.29) is 0 Å². The molecule has 0 aliphatic heterocycles. The highest BCUT2D eigenvalue weighted by molar-refractivity contribution is 5.83. The first-order chi connectivity index (χ1) is 13.4. The van der Waals surface area contributed by atoms with Gasteiger partial charge in [0.15, 0.2) is 5.82 Å². The second kappa shape index (κ2) is 6.45. The first-order valence-corrected chi connectivity index (χ1v) is 8.58. The van der Waals surface area contributed by atoms with Gasteiger partial charge >= 0.3 is 0 Å². The van der Waals surface area contributed by atoms with Crippen molar-refractivity contribution in [1.29, 1.82) is 0 Å². The van der Waals surface area contributed by atoms with Crippen molar-refractivity contribution in [3.8, 4) is 0 Å². The molecule has 0 atom stereocenters. The first-order valence-electron chi connectivity index (χ1n) is 8.58. The molecule has 5 aromatic rings. The molecule has 0 unspecified atom stereocenters. The van der Waals surface area contributed by atoms with E-state index in [1.165, 1.54) is 11.1 Å². The van der Waals surface area contributed by atoms with E-state index < -0.39 is 0 Å². The molecular formula is C20H15N7. The molecule has 2 aromatic carbocycles. The van der Waals surface area contributed by atoms with Crippen LogP contribution in [0.25, 0.3) is 16.7 Å². The molecule has 0 aliphatic carbocycles. The van der Waals surface area contributed by atoms with Gasteiger partial charge in [-0.2, -0.15) is 4.52 Å². The lowest BCUT2D eigenvalue weighted by molar-refractivity contribution is 0.841. The van der Waals surface area contributed by atoms with Crippen LogP contribution in [0, 0.1) is 0 Å². The quantitative estimate of drug-likeness (QED) is 0.533. The Labute approximate surface area is 154 Å². The monoisotopic (exact) mass is 353 g/mol. The van der Waals surface area contributed by atoms with Gasteiger partial charge in [0, 0.05) is 18.1 Å². The minimum atomic E-state index is 0.592. The van der Waals surface area contributed by atoms with Gasteiger partial charge in [-0.15, -0.1) is 5.10 Å². The molecule has 1 N–H and O–H groups in total. The van der Waals surface area contributed by atoms with Crippen LogP contribution in [0.5, 0.6) is 0 Å². The number of hydrogen-bond acceptors (Lipinski definition) is 6. The number of aromatic nitrogens is 6. The lowest BCUT2D eigenvalue weighted by Gasteiger charge is -2.09. The highest BCUT2D eigenvalue weighted by Crippen LogP contribution is 2.23. The molecule has 130 valence electrons. The number of fused-ring (bicyclic) bond motifs is 3. The molecule has 7 heteroatoms. The number of nitrogens with zero attached hydrogens (tertiary/aromatic N) is 6. The van der Waals surface area contributed by atoms with Crippen molar-refractivity contribution in [2.24, 2.45) is 0 Å². The molecule has 0 saturated heterocycles. The van der Waals surface area contributed by atoms with E-state index in [9.17, 15) is 0 Å². The third kappa shape index (κ3) is 2.95. The number of para-hydroxylation sites is 2. The zero-order chi connectivity index (χ0) is 18.1. The molecule has 0 aliphatic rings. The Bertz CT molecular complexity index is 1210. The normalized spacial score (nSPS) is 11.1. The maximum atomic E-state index is 4.68. The Balaban J connectivity index is 1.45. The van der Waals surface area contributed by atoms with Crippen LogP contribution in [0.15, 0.2) is 73.1 Å². The summed E-state index contributed by atoms with van der Waals surface area (Å²) in [4.78, 5) is 8.73. The maximum Gasteiger partial charge on any atom is 0.222 e. The van der Waals surface area contributed by atoms with Crippen molar-refractivity contribution >= 4 is 28.2 Å². The van der Waals surface area contributed by atoms with Gasteiger partial charge in [0.2, 0.25) is 5.65 Å².